The first-order valence-corrected chi connectivity index (χ1v) is 7.34. The van der Waals surface area contributed by atoms with E-state index in [1.165, 1.54) is 0 Å². The van der Waals surface area contributed by atoms with Crippen LogP contribution in [0.2, 0.25) is 0 Å². The van der Waals surface area contributed by atoms with E-state index in [2.05, 4.69) is 5.32 Å². The maximum atomic E-state index is 12.2. The van der Waals surface area contributed by atoms with E-state index in [1.54, 1.807) is 11.9 Å². The van der Waals surface area contributed by atoms with Crippen LogP contribution in [-0.2, 0) is 11.2 Å². The van der Waals surface area contributed by atoms with E-state index in [4.69, 9.17) is 0 Å². The summed E-state index contributed by atoms with van der Waals surface area (Å²) >= 11 is 0. The van der Waals surface area contributed by atoms with Crippen LogP contribution in [0.15, 0.2) is 30.3 Å². The molecule has 1 aliphatic rings. The van der Waals surface area contributed by atoms with Gasteiger partial charge in [0.25, 0.3) is 0 Å². The van der Waals surface area contributed by atoms with Crippen molar-refractivity contribution in [2.45, 2.75) is 37.6 Å². The molecule has 114 valence electrons. The van der Waals surface area contributed by atoms with Crippen LogP contribution in [0.5, 0.6) is 0 Å². The minimum absolute atomic E-state index is 0.310. The molecule has 21 heavy (non-hydrogen) atoms. The zero-order chi connectivity index (χ0) is 15.3. The van der Waals surface area contributed by atoms with Crippen molar-refractivity contribution in [3.63, 3.8) is 0 Å². The maximum Gasteiger partial charge on any atom is 0.329 e. The lowest BCUT2D eigenvalue weighted by Crippen LogP contribution is -2.55. The van der Waals surface area contributed by atoms with Gasteiger partial charge in [0.2, 0.25) is 0 Å². The number of likely N-dealkylation sites (N-methyl/N-ethyl adjacent to an activating group) is 1. The Bertz CT molecular complexity index is 496. The second-order valence-electron chi connectivity index (χ2n) is 5.68. The fourth-order valence-corrected chi connectivity index (χ4v) is 2.71. The molecule has 0 heterocycles. The van der Waals surface area contributed by atoms with Gasteiger partial charge in [-0.1, -0.05) is 43.2 Å². The molecule has 1 aromatic carbocycles. The fraction of sp³-hybridized carbons (Fsp3) is 0.500. The highest BCUT2D eigenvalue weighted by molar-refractivity contribution is 5.86. The first-order valence-electron chi connectivity index (χ1n) is 7.34. The number of hydrogen-bond donors (Lipinski definition) is 2. The van der Waals surface area contributed by atoms with E-state index in [0.717, 1.165) is 24.8 Å². The predicted molar refractivity (Wildman–Crippen MR) is 80.1 cm³/mol. The van der Waals surface area contributed by atoms with Gasteiger partial charge < -0.3 is 15.3 Å². The van der Waals surface area contributed by atoms with Crippen molar-refractivity contribution >= 4 is 12.0 Å². The summed E-state index contributed by atoms with van der Waals surface area (Å²) in [5, 5.41) is 12.1. The molecule has 2 N–H and O–H groups in total. The van der Waals surface area contributed by atoms with E-state index in [1.807, 2.05) is 30.3 Å². The van der Waals surface area contributed by atoms with Crippen LogP contribution >= 0.6 is 0 Å². The zero-order valence-corrected chi connectivity index (χ0v) is 12.3. The van der Waals surface area contributed by atoms with Crippen LogP contribution in [0.4, 0.5) is 4.79 Å². The molecule has 0 aliphatic heterocycles. The van der Waals surface area contributed by atoms with Crippen molar-refractivity contribution in [1.82, 2.24) is 10.2 Å². The monoisotopic (exact) mass is 290 g/mol. The Morgan fingerprint density at radius 2 is 1.86 bits per heavy atom. The van der Waals surface area contributed by atoms with Crippen LogP contribution in [0.3, 0.4) is 0 Å². The Morgan fingerprint density at radius 3 is 2.43 bits per heavy atom. The second kappa shape index (κ2) is 6.61. The molecule has 0 saturated heterocycles. The van der Waals surface area contributed by atoms with Crippen molar-refractivity contribution in [2.24, 2.45) is 0 Å². The van der Waals surface area contributed by atoms with Crippen molar-refractivity contribution in [3.8, 4) is 0 Å². The van der Waals surface area contributed by atoms with Gasteiger partial charge in [-0.15, -0.1) is 0 Å². The number of carboxylic acid groups (broad SMARTS) is 1. The molecule has 0 atom stereocenters. The molecule has 2 amide bonds. The van der Waals surface area contributed by atoms with Gasteiger partial charge in [0.05, 0.1) is 0 Å². The summed E-state index contributed by atoms with van der Waals surface area (Å²) in [5.74, 6) is -0.926. The quantitative estimate of drug-likeness (QED) is 0.874. The molecule has 1 aromatic rings. The van der Waals surface area contributed by atoms with Crippen molar-refractivity contribution in [1.29, 1.82) is 0 Å². The van der Waals surface area contributed by atoms with Crippen LogP contribution in [0.1, 0.15) is 31.2 Å². The van der Waals surface area contributed by atoms with E-state index >= 15 is 0 Å². The average Bonchev–Trinajstić information content (AvgIpc) is 2.95. The highest BCUT2D eigenvalue weighted by Crippen LogP contribution is 2.30. The zero-order valence-electron chi connectivity index (χ0n) is 12.3. The van der Waals surface area contributed by atoms with Gasteiger partial charge in [-0.25, -0.2) is 9.59 Å². The van der Waals surface area contributed by atoms with Gasteiger partial charge in [0, 0.05) is 13.6 Å². The maximum absolute atomic E-state index is 12.2. The smallest absolute Gasteiger partial charge is 0.329 e. The molecule has 1 aliphatic carbocycles. The number of nitrogens with zero attached hydrogens (tertiary/aromatic N) is 1. The molecule has 0 bridgehead atoms. The highest BCUT2D eigenvalue weighted by Gasteiger charge is 2.43. The van der Waals surface area contributed by atoms with Gasteiger partial charge >= 0.3 is 12.0 Å². The van der Waals surface area contributed by atoms with Crippen LogP contribution in [0.25, 0.3) is 0 Å². The van der Waals surface area contributed by atoms with Gasteiger partial charge in [0.1, 0.15) is 5.54 Å². The summed E-state index contributed by atoms with van der Waals surface area (Å²) in [5.41, 5.74) is 0.0870. The Labute approximate surface area is 125 Å². The van der Waals surface area contributed by atoms with Gasteiger partial charge in [-0.2, -0.15) is 0 Å². The van der Waals surface area contributed by atoms with Crippen molar-refractivity contribution < 1.29 is 14.7 Å². The summed E-state index contributed by atoms with van der Waals surface area (Å²) in [4.78, 5) is 25.2. The third-order valence-corrected chi connectivity index (χ3v) is 4.14. The largest absolute Gasteiger partial charge is 0.480 e. The van der Waals surface area contributed by atoms with E-state index in [0.29, 0.717) is 19.4 Å². The SMILES string of the molecule is CN(CCc1ccccc1)C(=O)NC1(C(=O)O)CCCC1. The molecule has 5 heteroatoms. The van der Waals surface area contributed by atoms with Gasteiger partial charge in [-0.05, 0) is 24.8 Å². The summed E-state index contributed by atoms with van der Waals surface area (Å²) < 4.78 is 0. The van der Waals surface area contributed by atoms with Crippen LogP contribution in [-0.4, -0.2) is 41.1 Å². The number of hydrogen-bond acceptors (Lipinski definition) is 2. The minimum Gasteiger partial charge on any atom is -0.480 e. The summed E-state index contributed by atoms with van der Waals surface area (Å²) in [6.07, 6.45) is 3.48. The van der Waals surface area contributed by atoms with E-state index < -0.39 is 11.5 Å². The molecule has 1 saturated carbocycles. The minimum atomic E-state index is -1.07. The third kappa shape index (κ3) is 3.74. The Kier molecular flexibility index (Phi) is 4.83. The molecule has 0 radical (unpaired) electrons. The number of carbonyl (C=O) groups is 2. The molecule has 0 spiro atoms. The molecule has 0 unspecified atom stereocenters. The van der Waals surface area contributed by atoms with E-state index in [-0.39, 0.29) is 6.03 Å². The first kappa shape index (κ1) is 15.4. The van der Waals surface area contributed by atoms with Crippen molar-refractivity contribution in [3.05, 3.63) is 35.9 Å². The fourth-order valence-electron chi connectivity index (χ4n) is 2.71. The van der Waals surface area contributed by atoms with Crippen LogP contribution < -0.4 is 5.32 Å². The van der Waals surface area contributed by atoms with E-state index in [9.17, 15) is 14.7 Å². The highest BCUT2D eigenvalue weighted by atomic mass is 16.4. The Morgan fingerprint density at radius 1 is 1.24 bits per heavy atom. The van der Waals surface area contributed by atoms with Crippen molar-refractivity contribution in [2.75, 3.05) is 13.6 Å². The normalized spacial score (nSPS) is 16.4. The number of rotatable bonds is 5. The summed E-state index contributed by atoms with van der Waals surface area (Å²) in [7, 11) is 1.70. The molecule has 5 nitrogen and oxygen atoms in total. The molecular formula is C16H22N2O3. The topological polar surface area (TPSA) is 69.6 Å². The summed E-state index contributed by atoms with van der Waals surface area (Å²) in [6, 6.07) is 9.61. The molecular weight excluding hydrogens is 268 g/mol. The lowest BCUT2D eigenvalue weighted by Gasteiger charge is -2.28. The average molecular weight is 290 g/mol. The lowest BCUT2D eigenvalue weighted by molar-refractivity contribution is -0.144. The molecule has 2 rings (SSSR count). The standard InChI is InChI=1S/C16H22N2O3/c1-18(12-9-13-7-3-2-4-8-13)15(21)17-16(14(19)20)10-5-6-11-16/h2-4,7-8H,5-6,9-12H2,1H3,(H,17,21)(H,19,20). The number of aliphatic carboxylic acids is 1. The molecule has 0 aromatic heterocycles. The number of benzene rings is 1. The Hall–Kier alpha value is -2.04. The number of nitrogens with one attached hydrogen (secondary N) is 1. The van der Waals surface area contributed by atoms with Gasteiger partial charge in [-0.3, -0.25) is 0 Å². The van der Waals surface area contributed by atoms with Gasteiger partial charge in [0.15, 0.2) is 0 Å². The predicted octanol–water partition coefficient (Wildman–Crippen LogP) is 2.27. The lowest BCUT2D eigenvalue weighted by atomic mass is 9.98. The Balaban J connectivity index is 1.89. The third-order valence-electron chi connectivity index (χ3n) is 4.14. The molecule has 1 fully saturated rings. The first-order chi connectivity index (χ1) is 10.0. The number of urea groups is 1. The number of carbonyl (C=O) groups excluding carboxylic acids is 1. The number of amides is 2. The van der Waals surface area contributed by atoms with Crippen LogP contribution in [0, 0.1) is 0 Å². The second-order valence-corrected chi connectivity index (χ2v) is 5.68. The summed E-state index contributed by atoms with van der Waals surface area (Å²) in [6.45, 7) is 0.561. The number of carboxylic acids is 1.